The molecule has 0 aliphatic heterocycles. The summed E-state index contributed by atoms with van der Waals surface area (Å²) in [7, 11) is 1.30. The van der Waals surface area contributed by atoms with Gasteiger partial charge < -0.3 is 20.1 Å². The summed E-state index contributed by atoms with van der Waals surface area (Å²) in [5, 5.41) is 0. The number of methoxy groups -OCH3 is 1. The number of hydrogen-bond acceptors (Lipinski definition) is 5. The quantitative estimate of drug-likeness (QED) is 0.594. The topological polar surface area (TPSA) is 98.9 Å². The first-order valence-electron chi connectivity index (χ1n) is 8.51. The van der Waals surface area contributed by atoms with Gasteiger partial charge in [0.1, 0.15) is 5.75 Å². The maximum Gasteiger partial charge on any atom is 0.337 e. The Kier molecular flexibility index (Phi) is 8.01. The lowest BCUT2D eigenvalue weighted by Crippen LogP contribution is -2.36. The number of halogens is 1. The van der Waals surface area contributed by atoms with Crippen LogP contribution < -0.4 is 10.5 Å². The molecule has 0 aliphatic rings. The van der Waals surface area contributed by atoms with E-state index in [0.29, 0.717) is 22.3 Å². The Hall–Kier alpha value is -2.87. The standard InChI is InChI=1S/C20H21BrN2O5/c1-27-20(26)15-7-8-17(16(21)11-15)28-13-19(25)23(10-9-18(22)24)12-14-5-3-2-4-6-14/h2-8,11H,9-10,12-13H2,1H3,(H2,22,24). The van der Waals surface area contributed by atoms with Gasteiger partial charge >= 0.3 is 5.97 Å². The van der Waals surface area contributed by atoms with Crippen LogP contribution in [0.1, 0.15) is 22.3 Å². The van der Waals surface area contributed by atoms with Crippen molar-refractivity contribution in [1.82, 2.24) is 4.90 Å². The number of hydrogen-bond donors (Lipinski definition) is 1. The second kappa shape index (κ2) is 10.5. The Morgan fingerprint density at radius 2 is 1.82 bits per heavy atom. The van der Waals surface area contributed by atoms with Crippen molar-refractivity contribution in [3.63, 3.8) is 0 Å². The van der Waals surface area contributed by atoms with Crippen molar-refractivity contribution in [3.05, 3.63) is 64.1 Å². The van der Waals surface area contributed by atoms with Gasteiger partial charge in [-0.05, 0) is 39.7 Å². The molecule has 0 fully saturated rings. The summed E-state index contributed by atoms with van der Waals surface area (Å²) in [6.45, 7) is 0.329. The molecule has 0 saturated carbocycles. The van der Waals surface area contributed by atoms with Crippen molar-refractivity contribution >= 4 is 33.7 Å². The summed E-state index contributed by atoms with van der Waals surface area (Å²) in [4.78, 5) is 36.8. The van der Waals surface area contributed by atoms with Crippen molar-refractivity contribution in [2.24, 2.45) is 5.73 Å². The van der Waals surface area contributed by atoms with Crippen LogP contribution in [0.4, 0.5) is 0 Å². The number of amides is 2. The van der Waals surface area contributed by atoms with Crippen molar-refractivity contribution in [2.75, 3.05) is 20.3 Å². The van der Waals surface area contributed by atoms with Crippen molar-refractivity contribution in [2.45, 2.75) is 13.0 Å². The fourth-order valence-electron chi connectivity index (χ4n) is 2.43. The van der Waals surface area contributed by atoms with E-state index in [4.69, 9.17) is 10.5 Å². The van der Waals surface area contributed by atoms with E-state index in [9.17, 15) is 14.4 Å². The fourth-order valence-corrected chi connectivity index (χ4v) is 2.93. The fraction of sp³-hybridized carbons (Fsp3) is 0.250. The molecule has 148 valence electrons. The number of carbonyl (C=O) groups is 3. The molecule has 0 aliphatic carbocycles. The number of nitrogens with two attached hydrogens (primary N) is 1. The number of carbonyl (C=O) groups excluding carboxylic acids is 3. The number of esters is 1. The minimum Gasteiger partial charge on any atom is -0.483 e. The van der Waals surface area contributed by atoms with E-state index in [0.717, 1.165) is 5.56 Å². The van der Waals surface area contributed by atoms with Gasteiger partial charge in [-0.25, -0.2) is 4.79 Å². The van der Waals surface area contributed by atoms with Gasteiger partial charge in [-0.15, -0.1) is 0 Å². The van der Waals surface area contributed by atoms with E-state index in [-0.39, 0.29) is 25.5 Å². The highest BCUT2D eigenvalue weighted by molar-refractivity contribution is 9.10. The van der Waals surface area contributed by atoms with Crippen LogP contribution in [0.25, 0.3) is 0 Å². The maximum absolute atomic E-state index is 12.6. The first kappa shape index (κ1) is 21.4. The van der Waals surface area contributed by atoms with Crippen LogP contribution in [-0.4, -0.2) is 42.9 Å². The first-order chi connectivity index (χ1) is 13.4. The van der Waals surface area contributed by atoms with Crippen LogP contribution in [-0.2, 0) is 20.9 Å². The summed E-state index contributed by atoms with van der Waals surface area (Å²) < 4.78 is 10.8. The Bertz CT molecular complexity index is 842. The van der Waals surface area contributed by atoms with Crippen molar-refractivity contribution in [1.29, 1.82) is 0 Å². The van der Waals surface area contributed by atoms with Gasteiger partial charge in [-0.3, -0.25) is 9.59 Å². The Morgan fingerprint density at radius 3 is 2.43 bits per heavy atom. The third-order valence-corrected chi connectivity index (χ3v) is 4.52. The lowest BCUT2D eigenvalue weighted by atomic mass is 10.2. The maximum atomic E-state index is 12.6. The van der Waals surface area contributed by atoms with E-state index in [1.807, 2.05) is 30.3 Å². The summed E-state index contributed by atoms with van der Waals surface area (Å²) in [5.74, 6) is -0.818. The number of nitrogens with zero attached hydrogens (tertiary/aromatic N) is 1. The zero-order chi connectivity index (χ0) is 20.5. The molecule has 0 heterocycles. The predicted octanol–water partition coefficient (Wildman–Crippen LogP) is 2.52. The second-order valence-corrected chi connectivity index (χ2v) is 6.80. The van der Waals surface area contributed by atoms with Crippen LogP contribution in [0.5, 0.6) is 5.75 Å². The number of primary amides is 1. The summed E-state index contributed by atoms with van der Waals surface area (Å²) >= 11 is 3.32. The van der Waals surface area contributed by atoms with E-state index in [1.165, 1.54) is 12.0 Å². The molecular weight excluding hydrogens is 428 g/mol. The zero-order valence-electron chi connectivity index (χ0n) is 15.4. The minimum atomic E-state index is -0.479. The number of rotatable bonds is 9. The van der Waals surface area contributed by atoms with E-state index >= 15 is 0 Å². The molecular formula is C20H21BrN2O5. The molecule has 8 heteroatoms. The lowest BCUT2D eigenvalue weighted by Gasteiger charge is -2.22. The Morgan fingerprint density at radius 1 is 1.11 bits per heavy atom. The first-order valence-corrected chi connectivity index (χ1v) is 9.30. The molecule has 0 aromatic heterocycles. The third-order valence-electron chi connectivity index (χ3n) is 3.90. The molecule has 28 heavy (non-hydrogen) atoms. The highest BCUT2D eigenvalue weighted by atomic mass is 79.9. The van der Waals surface area contributed by atoms with Gasteiger partial charge in [0.25, 0.3) is 5.91 Å². The van der Waals surface area contributed by atoms with E-state index in [1.54, 1.807) is 18.2 Å². The summed E-state index contributed by atoms with van der Waals surface area (Å²) in [6.07, 6.45) is 0.0656. The molecule has 2 amide bonds. The second-order valence-electron chi connectivity index (χ2n) is 5.94. The van der Waals surface area contributed by atoms with Crippen LogP contribution in [0.2, 0.25) is 0 Å². The zero-order valence-corrected chi connectivity index (χ0v) is 17.0. The molecule has 0 spiro atoms. The predicted molar refractivity (Wildman–Crippen MR) is 107 cm³/mol. The molecule has 0 radical (unpaired) electrons. The summed E-state index contributed by atoms with van der Waals surface area (Å²) in [6, 6.07) is 14.1. The Balaban J connectivity index is 2.04. The lowest BCUT2D eigenvalue weighted by molar-refractivity contribution is -0.134. The van der Waals surface area contributed by atoms with Gasteiger partial charge in [0.05, 0.1) is 17.1 Å². The van der Waals surface area contributed by atoms with Crippen molar-refractivity contribution < 1.29 is 23.9 Å². The summed E-state index contributed by atoms with van der Waals surface area (Å²) in [5.41, 5.74) is 6.51. The van der Waals surface area contributed by atoms with Crippen LogP contribution >= 0.6 is 15.9 Å². The van der Waals surface area contributed by atoms with Crippen LogP contribution in [0.3, 0.4) is 0 Å². The smallest absolute Gasteiger partial charge is 0.337 e. The normalized spacial score (nSPS) is 10.2. The average Bonchev–Trinajstić information content (AvgIpc) is 2.69. The molecule has 0 unspecified atom stereocenters. The molecule has 2 N–H and O–H groups in total. The SMILES string of the molecule is COC(=O)c1ccc(OCC(=O)N(CCC(N)=O)Cc2ccccc2)c(Br)c1. The molecule has 0 saturated heterocycles. The number of benzene rings is 2. The monoisotopic (exact) mass is 448 g/mol. The minimum absolute atomic E-state index is 0.0656. The van der Waals surface area contributed by atoms with Gasteiger partial charge in [0.15, 0.2) is 6.61 Å². The van der Waals surface area contributed by atoms with Gasteiger partial charge in [-0.2, -0.15) is 0 Å². The van der Waals surface area contributed by atoms with Gasteiger partial charge in [0.2, 0.25) is 5.91 Å². The van der Waals surface area contributed by atoms with Crippen LogP contribution in [0.15, 0.2) is 53.0 Å². The van der Waals surface area contributed by atoms with Gasteiger partial charge in [0, 0.05) is 19.5 Å². The third kappa shape index (κ3) is 6.38. The van der Waals surface area contributed by atoms with Crippen LogP contribution in [0, 0.1) is 0 Å². The van der Waals surface area contributed by atoms with E-state index in [2.05, 4.69) is 20.7 Å². The highest BCUT2D eigenvalue weighted by Crippen LogP contribution is 2.26. The highest BCUT2D eigenvalue weighted by Gasteiger charge is 2.17. The number of ether oxygens (including phenoxy) is 2. The largest absolute Gasteiger partial charge is 0.483 e. The van der Waals surface area contributed by atoms with Crippen molar-refractivity contribution in [3.8, 4) is 5.75 Å². The molecule has 2 rings (SSSR count). The molecule has 0 bridgehead atoms. The molecule has 0 atom stereocenters. The molecule has 7 nitrogen and oxygen atoms in total. The van der Waals surface area contributed by atoms with Gasteiger partial charge in [-0.1, -0.05) is 30.3 Å². The molecule has 2 aromatic carbocycles. The average molecular weight is 449 g/mol. The molecule has 2 aromatic rings. The Labute approximate surface area is 171 Å². The van der Waals surface area contributed by atoms with E-state index < -0.39 is 11.9 Å².